The molecule has 1 rings (SSSR count). The van der Waals surface area contributed by atoms with Gasteiger partial charge in [0.05, 0.1) is 13.0 Å². The van der Waals surface area contributed by atoms with Crippen LogP contribution in [0.1, 0.15) is 25.7 Å². The molecule has 110 valence electrons. The van der Waals surface area contributed by atoms with E-state index in [1.165, 1.54) is 7.11 Å². The maximum Gasteiger partial charge on any atom is 0.389 e. The molecule has 0 radical (unpaired) electrons. The van der Waals surface area contributed by atoms with Crippen molar-refractivity contribution in [3.05, 3.63) is 0 Å². The number of hydrogen-bond donors (Lipinski definition) is 1. The van der Waals surface area contributed by atoms with Gasteiger partial charge in [0.25, 0.3) is 0 Å². The van der Waals surface area contributed by atoms with Crippen LogP contribution in [-0.4, -0.2) is 53.9 Å². The first kappa shape index (κ1) is 15.7. The van der Waals surface area contributed by atoms with E-state index >= 15 is 0 Å². The lowest BCUT2D eigenvalue weighted by Gasteiger charge is -2.34. The molecule has 0 bridgehead atoms. The van der Waals surface area contributed by atoms with Crippen molar-refractivity contribution in [2.45, 2.75) is 37.4 Å². The molecule has 0 spiro atoms. The van der Waals surface area contributed by atoms with E-state index in [0.29, 0.717) is 6.42 Å². The van der Waals surface area contributed by atoms with Crippen LogP contribution in [0.3, 0.4) is 0 Å². The van der Waals surface area contributed by atoms with Gasteiger partial charge in [-0.3, -0.25) is 4.79 Å². The zero-order valence-electron chi connectivity index (χ0n) is 10.5. The lowest BCUT2D eigenvalue weighted by molar-refractivity contribution is -0.163. The molecule has 1 aliphatic heterocycles. The average molecular weight is 283 g/mol. The highest BCUT2D eigenvalue weighted by atomic mass is 19.4. The molecule has 8 heteroatoms. The number of hydrogen-bond acceptors (Lipinski definition) is 3. The maximum absolute atomic E-state index is 12.1. The number of aliphatic carboxylic acids is 1. The predicted octanol–water partition coefficient (Wildman–Crippen LogP) is 1.42. The third kappa shape index (κ3) is 3.59. The summed E-state index contributed by atoms with van der Waals surface area (Å²) in [5, 5.41) is 9.25. The molecule has 1 saturated heterocycles. The van der Waals surface area contributed by atoms with E-state index in [1.54, 1.807) is 0 Å². The zero-order chi connectivity index (χ0) is 14.7. The Morgan fingerprint density at radius 3 is 2.53 bits per heavy atom. The van der Waals surface area contributed by atoms with E-state index in [1.807, 2.05) is 0 Å². The summed E-state index contributed by atoms with van der Waals surface area (Å²) in [6, 6.07) is 0. The van der Waals surface area contributed by atoms with E-state index in [0.717, 1.165) is 4.90 Å². The number of halogens is 3. The molecule has 5 nitrogen and oxygen atoms in total. The minimum absolute atomic E-state index is 0.145. The molecule has 1 N–H and O–H groups in total. The van der Waals surface area contributed by atoms with Gasteiger partial charge in [0.1, 0.15) is 0 Å². The summed E-state index contributed by atoms with van der Waals surface area (Å²) in [6.07, 6.45) is -5.78. The second kappa shape index (κ2) is 5.77. The lowest BCUT2D eigenvalue weighted by atomic mass is 9.97. The van der Waals surface area contributed by atoms with Crippen LogP contribution in [0, 0.1) is 0 Å². The Morgan fingerprint density at radius 1 is 1.42 bits per heavy atom. The van der Waals surface area contributed by atoms with Gasteiger partial charge in [-0.15, -0.1) is 0 Å². The quantitative estimate of drug-likeness (QED) is 0.828. The summed E-state index contributed by atoms with van der Waals surface area (Å²) in [5.74, 6) is -2.04. The summed E-state index contributed by atoms with van der Waals surface area (Å²) in [6.45, 7) is -0.0769. The fourth-order valence-electron chi connectivity index (χ4n) is 2.30. The number of carbonyl (C=O) groups is 2. The topological polar surface area (TPSA) is 66.8 Å². The Morgan fingerprint density at radius 2 is 2.05 bits per heavy atom. The molecular formula is C11H16F3NO4. The number of rotatable bonds is 5. The fraction of sp³-hybridized carbons (Fsp3) is 0.818. The highest BCUT2D eigenvalue weighted by Gasteiger charge is 2.50. The van der Waals surface area contributed by atoms with Crippen LogP contribution in [0.4, 0.5) is 13.2 Å². The minimum atomic E-state index is -4.43. The van der Waals surface area contributed by atoms with Crippen molar-refractivity contribution < 1.29 is 32.6 Å². The number of alkyl halides is 3. The van der Waals surface area contributed by atoms with Gasteiger partial charge in [0.2, 0.25) is 5.91 Å². The number of ether oxygens (including phenoxy) is 1. The van der Waals surface area contributed by atoms with E-state index in [4.69, 9.17) is 4.74 Å². The van der Waals surface area contributed by atoms with Crippen molar-refractivity contribution in [3.63, 3.8) is 0 Å². The highest BCUT2D eigenvalue weighted by molar-refractivity contribution is 5.88. The Labute approximate surface area is 108 Å². The van der Waals surface area contributed by atoms with Gasteiger partial charge in [-0.25, -0.2) is 4.79 Å². The molecule has 0 aromatic heterocycles. The molecule has 0 saturated carbocycles. The third-order valence-corrected chi connectivity index (χ3v) is 3.19. The Balaban J connectivity index is 2.79. The van der Waals surface area contributed by atoms with Gasteiger partial charge in [-0.05, 0) is 12.8 Å². The van der Waals surface area contributed by atoms with Crippen molar-refractivity contribution in [1.82, 2.24) is 4.90 Å². The summed E-state index contributed by atoms with van der Waals surface area (Å²) < 4.78 is 41.1. The number of carboxylic acids is 1. The molecule has 0 aliphatic carbocycles. The molecule has 19 heavy (non-hydrogen) atoms. The summed E-state index contributed by atoms with van der Waals surface area (Å²) in [7, 11) is 1.29. The molecule has 1 atom stereocenters. The van der Waals surface area contributed by atoms with Crippen LogP contribution in [-0.2, 0) is 14.3 Å². The van der Waals surface area contributed by atoms with Crippen molar-refractivity contribution in [1.29, 1.82) is 0 Å². The smallest absolute Gasteiger partial charge is 0.389 e. The Kier molecular flexibility index (Phi) is 4.78. The maximum atomic E-state index is 12.1. The van der Waals surface area contributed by atoms with Gasteiger partial charge in [0.15, 0.2) is 5.54 Å². The van der Waals surface area contributed by atoms with E-state index in [-0.39, 0.29) is 19.6 Å². The lowest BCUT2D eigenvalue weighted by Crippen LogP contribution is -2.56. The minimum Gasteiger partial charge on any atom is -0.479 e. The fourth-order valence-corrected chi connectivity index (χ4v) is 2.30. The van der Waals surface area contributed by atoms with Crippen molar-refractivity contribution in [2.75, 3.05) is 20.3 Å². The van der Waals surface area contributed by atoms with Crippen molar-refractivity contribution in [2.24, 2.45) is 0 Å². The number of likely N-dealkylation sites (tertiary alicyclic amines) is 1. The number of amides is 1. The normalized spacial score (nSPS) is 23.7. The second-order valence-electron chi connectivity index (χ2n) is 4.53. The molecule has 0 aromatic rings. The average Bonchev–Trinajstić information content (AvgIpc) is 2.70. The Hall–Kier alpha value is -1.31. The molecule has 1 heterocycles. The number of methoxy groups -OCH3 is 1. The number of carbonyl (C=O) groups excluding carboxylic acids is 1. The monoisotopic (exact) mass is 283 g/mol. The molecule has 1 unspecified atom stereocenters. The van der Waals surface area contributed by atoms with Crippen LogP contribution < -0.4 is 0 Å². The van der Waals surface area contributed by atoms with Crippen LogP contribution in [0.15, 0.2) is 0 Å². The third-order valence-electron chi connectivity index (χ3n) is 3.19. The van der Waals surface area contributed by atoms with Crippen molar-refractivity contribution in [3.8, 4) is 0 Å². The summed E-state index contributed by atoms with van der Waals surface area (Å²) >= 11 is 0. The van der Waals surface area contributed by atoms with Gasteiger partial charge < -0.3 is 14.7 Å². The van der Waals surface area contributed by atoms with Gasteiger partial charge in [-0.1, -0.05) is 0 Å². The predicted molar refractivity (Wildman–Crippen MR) is 58.5 cm³/mol. The van der Waals surface area contributed by atoms with Gasteiger partial charge in [0, 0.05) is 20.1 Å². The molecule has 1 aliphatic rings. The van der Waals surface area contributed by atoms with E-state index in [2.05, 4.69) is 0 Å². The molecular weight excluding hydrogens is 267 g/mol. The molecule has 1 fully saturated rings. The first-order valence-corrected chi connectivity index (χ1v) is 5.82. The summed E-state index contributed by atoms with van der Waals surface area (Å²) in [4.78, 5) is 24.1. The highest BCUT2D eigenvalue weighted by Crippen LogP contribution is 2.32. The van der Waals surface area contributed by atoms with E-state index < -0.39 is 36.4 Å². The number of carboxylic acid groups (broad SMARTS) is 1. The second-order valence-corrected chi connectivity index (χ2v) is 4.53. The van der Waals surface area contributed by atoms with Crippen molar-refractivity contribution >= 4 is 11.9 Å². The van der Waals surface area contributed by atoms with Gasteiger partial charge in [-0.2, -0.15) is 13.2 Å². The van der Waals surface area contributed by atoms with E-state index in [9.17, 15) is 27.9 Å². The SMILES string of the molecule is COCC1(C(=O)O)CCCN1C(=O)CCC(F)(F)F. The summed E-state index contributed by atoms with van der Waals surface area (Å²) in [5.41, 5.74) is -1.53. The van der Waals surface area contributed by atoms with Crippen LogP contribution in [0.2, 0.25) is 0 Å². The first-order valence-electron chi connectivity index (χ1n) is 5.82. The molecule has 0 aromatic carbocycles. The zero-order valence-corrected chi connectivity index (χ0v) is 10.5. The largest absolute Gasteiger partial charge is 0.479 e. The van der Waals surface area contributed by atoms with Crippen LogP contribution in [0.5, 0.6) is 0 Å². The van der Waals surface area contributed by atoms with Crippen LogP contribution in [0.25, 0.3) is 0 Å². The first-order chi connectivity index (χ1) is 8.73. The van der Waals surface area contributed by atoms with Gasteiger partial charge >= 0.3 is 12.1 Å². The number of nitrogens with zero attached hydrogens (tertiary/aromatic N) is 1. The molecule has 1 amide bonds. The Bertz CT molecular complexity index is 358. The van der Waals surface area contributed by atoms with Crippen LogP contribution >= 0.6 is 0 Å². The standard InChI is InChI=1S/C11H16F3NO4/c1-19-7-10(9(17)18)4-2-6-15(10)8(16)3-5-11(12,13)14/h2-7H2,1H3,(H,17,18).